The first kappa shape index (κ1) is 66.0. The molecule has 0 aromatic carbocycles. The van der Waals surface area contributed by atoms with E-state index in [4.69, 9.17) is 0 Å². The standard InChI is InChI=1S/C62H115NO5/c1-3-5-7-9-11-13-15-17-19-21-22-23-24-25-26-27-28-29-30-31-32-33-34-35-36-37-38-39-40-42-44-46-48-50-52-54-56-60(66)62(68)63-58(57-64)61(67)59(65)55-53-51-49-47-45-43-41-20-18-16-14-12-10-8-6-4-2/h12,14,20,26-27,29-30,41,47,49,58-61,64-67H,3-11,13,15-19,21-25,28,31-40,42-46,48,50-57H2,1-2H3,(H,63,68)/b14-12+,27-26-,30-29-,41-20+,49-47+. The highest BCUT2D eigenvalue weighted by Gasteiger charge is 2.28. The van der Waals surface area contributed by atoms with Gasteiger partial charge >= 0.3 is 0 Å². The summed E-state index contributed by atoms with van der Waals surface area (Å²) in [6.45, 7) is 4.03. The number of unbranched alkanes of at least 4 members (excludes halogenated alkanes) is 35. The van der Waals surface area contributed by atoms with Crippen LogP contribution in [0.3, 0.4) is 0 Å². The van der Waals surface area contributed by atoms with Gasteiger partial charge < -0.3 is 25.7 Å². The van der Waals surface area contributed by atoms with Crippen LogP contribution >= 0.6 is 0 Å². The molecular formula is C62H115NO5. The molecule has 0 aliphatic carbocycles. The Kier molecular flexibility index (Phi) is 54.3. The van der Waals surface area contributed by atoms with Gasteiger partial charge in [-0.1, -0.05) is 261 Å². The molecule has 0 aromatic heterocycles. The lowest BCUT2D eigenvalue weighted by molar-refractivity contribution is -0.132. The topological polar surface area (TPSA) is 110 Å². The number of carbonyl (C=O) groups is 1. The molecule has 0 rings (SSSR count). The van der Waals surface area contributed by atoms with Crippen molar-refractivity contribution in [3.8, 4) is 0 Å². The van der Waals surface area contributed by atoms with E-state index in [0.717, 1.165) is 57.8 Å². The molecule has 0 heterocycles. The van der Waals surface area contributed by atoms with Crippen molar-refractivity contribution >= 4 is 5.91 Å². The van der Waals surface area contributed by atoms with E-state index in [9.17, 15) is 25.2 Å². The van der Waals surface area contributed by atoms with Crippen molar-refractivity contribution in [2.75, 3.05) is 6.61 Å². The largest absolute Gasteiger partial charge is 0.394 e. The molecule has 6 heteroatoms. The lowest BCUT2D eigenvalue weighted by Crippen LogP contribution is -2.53. The van der Waals surface area contributed by atoms with Crippen LogP contribution in [0.2, 0.25) is 0 Å². The molecule has 0 spiro atoms. The lowest BCUT2D eigenvalue weighted by atomic mass is 10.00. The Morgan fingerprint density at radius 3 is 1.04 bits per heavy atom. The number of hydrogen-bond donors (Lipinski definition) is 5. The maximum Gasteiger partial charge on any atom is 0.249 e. The molecule has 0 saturated heterocycles. The van der Waals surface area contributed by atoms with Crippen LogP contribution in [0.15, 0.2) is 60.8 Å². The van der Waals surface area contributed by atoms with Crippen molar-refractivity contribution in [3.63, 3.8) is 0 Å². The van der Waals surface area contributed by atoms with Gasteiger partial charge in [-0.3, -0.25) is 4.79 Å². The van der Waals surface area contributed by atoms with Crippen LogP contribution in [-0.4, -0.2) is 57.3 Å². The quantitative estimate of drug-likeness (QED) is 0.0308. The Hall–Kier alpha value is -1.99. The van der Waals surface area contributed by atoms with Crippen molar-refractivity contribution in [3.05, 3.63) is 60.8 Å². The van der Waals surface area contributed by atoms with Gasteiger partial charge in [-0.2, -0.15) is 0 Å². The first-order valence-corrected chi connectivity index (χ1v) is 29.7. The fourth-order valence-corrected chi connectivity index (χ4v) is 9.00. The molecule has 0 aliphatic rings. The molecule has 0 radical (unpaired) electrons. The zero-order valence-electron chi connectivity index (χ0n) is 45.1. The minimum atomic E-state index is -1.30. The van der Waals surface area contributed by atoms with Gasteiger partial charge in [-0.05, 0) is 96.3 Å². The highest BCUT2D eigenvalue weighted by Crippen LogP contribution is 2.17. The summed E-state index contributed by atoms with van der Waals surface area (Å²) >= 11 is 0. The Labute approximate surface area is 422 Å². The monoisotopic (exact) mass is 954 g/mol. The predicted octanol–water partition coefficient (Wildman–Crippen LogP) is 17.5. The van der Waals surface area contributed by atoms with E-state index in [0.29, 0.717) is 19.3 Å². The Bertz CT molecular complexity index is 1160. The van der Waals surface area contributed by atoms with Crippen LogP contribution in [0.5, 0.6) is 0 Å². The van der Waals surface area contributed by atoms with Crippen molar-refractivity contribution < 1.29 is 25.2 Å². The number of aliphatic hydroxyl groups is 4. The van der Waals surface area contributed by atoms with Crippen LogP contribution in [0.4, 0.5) is 0 Å². The van der Waals surface area contributed by atoms with Gasteiger partial charge in [0, 0.05) is 0 Å². The second kappa shape index (κ2) is 55.9. The molecular weight excluding hydrogens is 839 g/mol. The van der Waals surface area contributed by atoms with Crippen LogP contribution < -0.4 is 5.32 Å². The minimum Gasteiger partial charge on any atom is -0.394 e. The molecule has 4 atom stereocenters. The molecule has 0 aromatic rings. The lowest BCUT2D eigenvalue weighted by Gasteiger charge is -2.27. The van der Waals surface area contributed by atoms with Crippen molar-refractivity contribution in [1.29, 1.82) is 0 Å². The summed E-state index contributed by atoms with van der Waals surface area (Å²) in [6, 6.07) is -1.01. The molecule has 68 heavy (non-hydrogen) atoms. The van der Waals surface area contributed by atoms with Crippen LogP contribution in [0.25, 0.3) is 0 Å². The number of aliphatic hydroxyl groups excluding tert-OH is 4. The van der Waals surface area contributed by atoms with Gasteiger partial charge in [0.15, 0.2) is 0 Å². The third-order valence-electron chi connectivity index (χ3n) is 13.7. The second-order valence-corrected chi connectivity index (χ2v) is 20.3. The third-order valence-corrected chi connectivity index (χ3v) is 13.7. The number of rotatable bonds is 54. The summed E-state index contributed by atoms with van der Waals surface area (Å²) < 4.78 is 0. The summed E-state index contributed by atoms with van der Waals surface area (Å²) in [5.41, 5.74) is 0. The molecule has 0 bridgehead atoms. The normalized spacial score (nSPS) is 14.1. The number of amides is 1. The van der Waals surface area contributed by atoms with E-state index in [1.807, 2.05) is 0 Å². The van der Waals surface area contributed by atoms with E-state index < -0.39 is 36.9 Å². The summed E-state index contributed by atoms with van der Waals surface area (Å²) in [7, 11) is 0. The Morgan fingerprint density at radius 2 is 0.662 bits per heavy atom. The van der Waals surface area contributed by atoms with Gasteiger partial charge in [0.2, 0.25) is 5.91 Å². The molecule has 0 saturated carbocycles. The fourth-order valence-electron chi connectivity index (χ4n) is 9.00. The molecule has 1 amide bonds. The number of hydrogen-bond acceptors (Lipinski definition) is 5. The van der Waals surface area contributed by atoms with E-state index in [1.54, 1.807) is 0 Å². The van der Waals surface area contributed by atoms with E-state index >= 15 is 0 Å². The molecule has 0 fully saturated rings. The summed E-state index contributed by atoms with van der Waals surface area (Å²) in [4.78, 5) is 12.6. The van der Waals surface area contributed by atoms with Crippen molar-refractivity contribution in [2.24, 2.45) is 0 Å². The number of allylic oxidation sites excluding steroid dienone is 10. The first-order valence-electron chi connectivity index (χ1n) is 29.7. The van der Waals surface area contributed by atoms with Gasteiger partial charge in [0.1, 0.15) is 12.2 Å². The average molecular weight is 955 g/mol. The fraction of sp³-hybridized carbons (Fsp3) is 0.823. The first-order chi connectivity index (χ1) is 33.5. The van der Waals surface area contributed by atoms with Crippen LogP contribution in [0, 0.1) is 0 Å². The Balaban J connectivity index is 3.60. The predicted molar refractivity (Wildman–Crippen MR) is 297 cm³/mol. The number of carbonyl (C=O) groups excluding carboxylic acids is 1. The summed E-state index contributed by atoms with van der Waals surface area (Å²) in [5.74, 6) is -0.599. The van der Waals surface area contributed by atoms with Crippen molar-refractivity contribution in [1.82, 2.24) is 5.32 Å². The molecule has 4 unspecified atom stereocenters. The summed E-state index contributed by atoms with van der Waals surface area (Å²) in [5, 5.41) is 43.9. The summed E-state index contributed by atoms with van der Waals surface area (Å²) in [6.07, 6.45) is 73.1. The maximum absolute atomic E-state index is 12.6. The molecule has 6 nitrogen and oxygen atoms in total. The van der Waals surface area contributed by atoms with Crippen molar-refractivity contribution in [2.45, 2.75) is 321 Å². The van der Waals surface area contributed by atoms with Crippen LogP contribution in [-0.2, 0) is 4.79 Å². The highest BCUT2D eigenvalue weighted by atomic mass is 16.3. The zero-order valence-corrected chi connectivity index (χ0v) is 45.1. The van der Waals surface area contributed by atoms with Gasteiger partial charge in [-0.25, -0.2) is 0 Å². The molecule has 0 aliphatic heterocycles. The second-order valence-electron chi connectivity index (χ2n) is 20.3. The minimum absolute atomic E-state index is 0.357. The molecule has 5 N–H and O–H groups in total. The third kappa shape index (κ3) is 49.0. The van der Waals surface area contributed by atoms with E-state index in [-0.39, 0.29) is 0 Å². The Morgan fingerprint density at radius 1 is 0.368 bits per heavy atom. The van der Waals surface area contributed by atoms with Crippen LogP contribution in [0.1, 0.15) is 296 Å². The van der Waals surface area contributed by atoms with Gasteiger partial charge in [0.25, 0.3) is 0 Å². The van der Waals surface area contributed by atoms with Gasteiger partial charge in [-0.15, -0.1) is 0 Å². The average Bonchev–Trinajstić information content (AvgIpc) is 3.34. The smallest absolute Gasteiger partial charge is 0.249 e. The SMILES string of the molecule is CCCCC/C=C/CC/C=C/CC/C=C/CCCC(O)C(O)C(CO)NC(=O)C(O)CCCCCCCCCCCCCCCCCC/C=C\C/C=C\CCCCCCCCCCCCCCC. The zero-order chi connectivity index (χ0) is 49.5. The van der Waals surface area contributed by atoms with E-state index in [1.165, 1.54) is 205 Å². The van der Waals surface area contributed by atoms with Gasteiger partial charge in [0.05, 0.1) is 18.8 Å². The molecule has 398 valence electrons. The number of nitrogens with one attached hydrogen (secondary N) is 1. The van der Waals surface area contributed by atoms with E-state index in [2.05, 4.69) is 79.9 Å². The maximum atomic E-state index is 12.6. The highest BCUT2D eigenvalue weighted by molar-refractivity contribution is 5.80.